The number of aromatic nitrogens is 5. The lowest BCUT2D eigenvalue weighted by Gasteiger charge is -2.10. The highest BCUT2D eigenvalue weighted by molar-refractivity contribution is 5.57. The second-order valence-electron chi connectivity index (χ2n) is 6.08. The Kier molecular flexibility index (Phi) is 4.15. The molecule has 0 bridgehead atoms. The minimum atomic E-state index is 0. The van der Waals surface area contributed by atoms with Gasteiger partial charge < -0.3 is 5.32 Å². The van der Waals surface area contributed by atoms with Crippen LogP contribution in [0.4, 0.5) is 11.6 Å². The van der Waals surface area contributed by atoms with Crippen LogP contribution in [0, 0.1) is 13.8 Å². The number of aryl methyl sites for hydroxylation is 2. The second kappa shape index (κ2) is 6.76. The summed E-state index contributed by atoms with van der Waals surface area (Å²) in [6, 6.07) is 13.9. The minimum absolute atomic E-state index is 0. The van der Waals surface area contributed by atoms with Crippen LogP contribution in [0.2, 0.25) is 0 Å². The molecule has 0 aliphatic rings. The molecule has 130 valence electrons. The first-order valence-electron chi connectivity index (χ1n) is 8.32. The fraction of sp³-hybridized carbons (Fsp3) is 0.100. The van der Waals surface area contributed by atoms with Gasteiger partial charge in [-0.2, -0.15) is 4.98 Å². The predicted octanol–water partition coefficient (Wildman–Crippen LogP) is 4.33. The van der Waals surface area contributed by atoms with Crippen molar-refractivity contribution in [3.63, 3.8) is 0 Å². The van der Waals surface area contributed by atoms with Crippen LogP contribution in [0.3, 0.4) is 0 Å². The molecule has 1 aromatic carbocycles. The van der Waals surface area contributed by atoms with Crippen LogP contribution in [-0.4, -0.2) is 24.5 Å². The molecule has 0 aliphatic carbocycles. The Morgan fingerprint density at radius 1 is 0.885 bits per heavy atom. The Morgan fingerprint density at radius 2 is 1.73 bits per heavy atom. The molecule has 6 heteroatoms. The zero-order valence-corrected chi connectivity index (χ0v) is 14.6. The first-order valence-corrected chi connectivity index (χ1v) is 8.32. The van der Waals surface area contributed by atoms with Crippen molar-refractivity contribution in [1.29, 1.82) is 0 Å². The Bertz CT molecular complexity index is 1030. The van der Waals surface area contributed by atoms with Crippen molar-refractivity contribution in [1.82, 2.24) is 24.5 Å². The zero-order valence-electron chi connectivity index (χ0n) is 14.6. The summed E-state index contributed by atoms with van der Waals surface area (Å²) in [5.74, 6) is 2.00. The van der Waals surface area contributed by atoms with Crippen molar-refractivity contribution in [2.75, 3.05) is 5.32 Å². The SMILES string of the molecule is Cc1cc(C)cc(Nc2nccc(-n3ccnc3-c3ccccn3)n2)c1.[HH]. The van der Waals surface area contributed by atoms with Crippen molar-refractivity contribution in [2.45, 2.75) is 13.8 Å². The van der Waals surface area contributed by atoms with Gasteiger partial charge in [0.2, 0.25) is 5.95 Å². The molecular weight excluding hydrogens is 324 g/mol. The van der Waals surface area contributed by atoms with E-state index in [2.05, 4.69) is 57.3 Å². The number of imidazole rings is 1. The third kappa shape index (κ3) is 3.30. The van der Waals surface area contributed by atoms with Gasteiger partial charge >= 0.3 is 0 Å². The highest BCUT2D eigenvalue weighted by Crippen LogP contribution is 2.20. The van der Waals surface area contributed by atoms with Crippen LogP contribution >= 0.6 is 0 Å². The van der Waals surface area contributed by atoms with Crippen molar-refractivity contribution >= 4 is 11.6 Å². The number of nitrogens with one attached hydrogen (secondary N) is 1. The van der Waals surface area contributed by atoms with Crippen LogP contribution in [0.5, 0.6) is 0 Å². The third-order valence-corrected chi connectivity index (χ3v) is 3.90. The monoisotopic (exact) mass is 344 g/mol. The first-order chi connectivity index (χ1) is 12.7. The summed E-state index contributed by atoms with van der Waals surface area (Å²) in [4.78, 5) is 17.8. The fourth-order valence-corrected chi connectivity index (χ4v) is 2.89. The first kappa shape index (κ1) is 16.0. The summed E-state index contributed by atoms with van der Waals surface area (Å²) >= 11 is 0. The van der Waals surface area contributed by atoms with Gasteiger partial charge in [-0.15, -0.1) is 0 Å². The van der Waals surface area contributed by atoms with Crippen LogP contribution < -0.4 is 5.32 Å². The van der Waals surface area contributed by atoms with Gasteiger partial charge in [-0.25, -0.2) is 9.97 Å². The molecule has 0 spiro atoms. The van der Waals surface area contributed by atoms with E-state index in [4.69, 9.17) is 0 Å². The maximum atomic E-state index is 4.63. The molecule has 1 N–H and O–H groups in total. The quantitative estimate of drug-likeness (QED) is 0.597. The maximum absolute atomic E-state index is 4.63. The van der Waals surface area contributed by atoms with E-state index >= 15 is 0 Å². The maximum Gasteiger partial charge on any atom is 0.229 e. The van der Waals surface area contributed by atoms with E-state index in [0.29, 0.717) is 5.95 Å². The van der Waals surface area contributed by atoms with Crippen molar-refractivity contribution in [3.05, 3.63) is 78.4 Å². The highest BCUT2D eigenvalue weighted by atomic mass is 15.2. The minimum Gasteiger partial charge on any atom is -0.324 e. The van der Waals surface area contributed by atoms with E-state index < -0.39 is 0 Å². The molecule has 3 aromatic heterocycles. The zero-order chi connectivity index (χ0) is 17.9. The Balaban J connectivity index is 0.00000210. The third-order valence-electron chi connectivity index (χ3n) is 3.90. The molecule has 6 nitrogen and oxygen atoms in total. The number of benzene rings is 1. The van der Waals surface area contributed by atoms with E-state index in [9.17, 15) is 0 Å². The van der Waals surface area contributed by atoms with E-state index in [1.807, 2.05) is 35.0 Å². The summed E-state index contributed by atoms with van der Waals surface area (Å²) in [5, 5.41) is 3.28. The van der Waals surface area contributed by atoms with Gasteiger partial charge in [-0.3, -0.25) is 9.55 Å². The number of anilines is 2. The Morgan fingerprint density at radius 3 is 2.50 bits per heavy atom. The standard InChI is InChI=1S/C20H18N6.H2/c1-14-11-15(2)13-16(12-14)24-20-23-8-6-18(25-20)26-10-9-22-19(26)17-5-3-4-7-21-17;/h3-13H,1-2H3,(H,23,24,25);1H. The summed E-state index contributed by atoms with van der Waals surface area (Å²) in [6.45, 7) is 4.14. The summed E-state index contributed by atoms with van der Waals surface area (Å²) < 4.78 is 1.90. The molecule has 0 saturated carbocycles. The van der Waals surface area contributed by atoms with Gasteiger partial charge in [0.15, 0.2) is 5.82 Å². The van der Waals surface area contributed by atoms with Crippen molar-refractivity contribution in [3.8, 4) is 17.3 Å². The molecule has 0 fully saturated rings. The smallest absolute Gasteiger partial charge is 0.229 e. The van der Waals surface area contributed by atoms with Crippen LogP contribution in [-0.2, 0) is 0 Å². The molecule has 0 atom stereocenters. The average Bonchev–Trinajstić information content (AvgIpc) is 3.12. The largest absolute Gasteiger partial charge is 0.324 e. The molecule has 0 radical (unpaired) electrons. The molecule has 0 amide bonds. The molecule has 3 heterocycles. The van der Waals surface area contributed by atoms with Crippen LogP contribution in [0.25, 0.3) is 17.3 Å². The molecule has 0 aliphatic heterocycles. The number of hydrogen-bond donors (Lipinski definition) is 1. The van der Waals surface area contributed by atoms with E-state index in [1.54, 1.807) is 18.6 Å². The Labute approximate surface area is 153 Å². The fourth-order valence-electron chi connectivity index (χ4n) is 2.89. The van der Waals surface area contributed by atoms with Crippen molar-refractivity contribution in [2.24, 2.45) is 0 Å². The predicted molar refractivity (Wildman–Crippen MR) is 104 cm³/mol. The second-order valence-corrected chi connectivity index (χ2v) is 6.08. The highest BCUT2D eigenvalue weighted by Gasteiger charge is 2.10. The summed E-state index contributed by atoms with van der Waals surface area (Å²) in [5.41, 5.74) is 4.14. The molecule has 0 saturated heterocycles. The molecular formula is C20H20N6. The Hall–Kier alpha value is -3.54. The number of nitrogens with zero attached hydrogens (tertiary/aromatic N) is 5. The lowest BCUT2D eigenvalue weighted by molar-refractivity contribution is 0.975. The lowest BCUT2D eigenvalue weighted by atomic mass is 10.1. The van der Waals surface area contributed by atoms with Gasteiger partial charge in [0, 0.05) is 31.9 Å². The molecule has 4 aromatic rings. The molecule has 4 rings (SSSR count). The van der Waals surface area contributed by atoms with E-state index in [1.165, 1.54) is 11.1 Å². The van der Waals surface area contributed by atoms with Crippen LogP contribution in [0.15, 0.2) is 67.3 Å². The molecule has 26 heavy (non-hydrogen) atoms. The van der Waals surface area contributed by atoms with Gasteiger partial charge in [0.25, 0.3) is 0 Å². The lowest BCUT2D eigenvalue weighted by Crippen LogP contribution is -2.04. The number of rotatable bonds is 4. The summed E-state index contributed by atoms with van der Waals surface area (Å²) in [7, 11) is 0. The summed E-state index contributed by atoms with van der Waals surface area (Å²) in [6.07, 6.45) is 7.09. The number of pyridine rings is 1. The van der Waals surface area contributed by atoms with Crippen molar-refractivity contribution < 1.29 is 1.43 Å². The topological polar surface area (TPSA) is 68.5 Å². The van der Waals surface area contributed by atoms with Gasteiger partial charge in [-0.1, -0.05) is 12.1 Å². The average molecular weight is 344 g/mol. The van der Waals surface area contributed by atoms with Gasteiger partial charge in [-0.05, 0) is 55.3 Å². The van der Waals surface area contributed by atoms with Gasteiger partial charge in [0.05, 0.1) is 0 Å². The molecule has 0 unspecified atom stereocenters. The van der Waals surface area contributed by atoms with E-state index in [-0.39, 0.29) is 1.43 Å². The van der Waals surface area contributed by atoms with E-state index in [0.717, 1.165) is 23.0 Å². The van der Waals surface area contributed by atoms with Crippen LogP contribution in [0.1, 0.15) is 12.6 Å². The number of hydrogen-bond acceptors (Lipinski definition) is 5. The van der Waals surface area contributed by atoms with Gasteiger partial charge in [0.1, 0.15) is 11.5 Å². The normalized spacial score (nSPS) is 10.7.